The number of rotatable bonds is 8. The van der Waals surface area contributed by atoms with Crippen molar-refractivity contribution in [2.45, 2.75) is 6.61 Å². The first kappa shape index (κ1) is 18.3. The van der Waals surface area contributed by atoms with E-state index in [1.807, 2.05) is 72.8 Å². The summed E-state index contributed by atoms with van der Waals surface area (Å²) < 4.78 is 16.5. The molecule has 5 heteroatoms. The van der Waals surface area contributed by atoms with Gasteiger partial charge in [0.1, 0.15) is 23.9 Å². The predicted octanol–water partition coefficient (Wildman–Crippen LogP) is 4.73. The van der Waals surface area contributed by atoms with Crippen molar-refractivity contribution in [1.82, 2.24) is 0 Å². The lowest BCUT2D eigenvalue weighted by Crippen LogP contribution is -2.00. The van der Waals surface area contributed by atoms with Gasteiger partial charge in [0.05, 0.1) is 26.1 Å². The first-order valence-corrected chi connectivity index (χ1v) is 8.56. The quantitative estimate of drug-likeness (QED) is 0.465. The van der Waals surface area contributed by atoms with Crippen LogP contribution in [0.15, 0.2) is 77.9 Å². The minimum Gasteiger partial charge on any atom is -0.497 e. The van der Waals surface area contributed by atoms with Gasteiger partial charge in [0, 0.05) is 5.56 Å². The van der Waals surface area contributed by atoms with E-state index in [4.69, 9.17) is 14.2 Å². The van der Waals surface area contributed by atoms with Crippen LogP contribution in [-0.4, -0.2) is 20.4 Å². The molecule has 138 valence electrons. The van der Waals surface area contributed by atoms with Gasteiger partial charge >= 0.3 is 0 Å². The van der Waals surface area contributed by atoms with Gasteiger partial charge in [0.2, 0.25) is 0 Å². The molecule has 27 heavy (non-hydrogen) atoms. The zero-order valence-electron chi connectivity index (χ0n) is 15.4. The van der Waals surface area contributed by atoms with Crippen LogP contribution in [0.4, 0.5) is 5.69 Å². The highest BCUT2D eigenvalue weighted by molar-refractivity contribution is 5.81. The average molecular weight is 362 g/mol. The maximum absolute atomic E-state index is 5.87. The lowest BCUT2D eigenvalue weighted by molar-refractivity contribution is 0.296. The molecule has 0 amide bonds. The maximum atomic E-state index is 5.87. The van der Waals surface area contributed by atoms with Crippen LogP contribution < -0.4 is 19.6 Å². The maximum Gasteiger partial charge on any atom is 0.125 e. The molecule has 0 saturated carbocycles. The number of para-hydroxylation sites is 1. The zero-order valence-corrected chi connectivity index (χ0v) is 15.4. The first-order chi connectivity index (χ1) is 13.3. The second kappa shape index (κ2) is 9.29. The highest BCUT2D eigenvalue weighted by Gasteiger charge is 2.05. The fourth-order valence-corrected chi connectivity index (χ4v) is 2.52. The molecule has 5 nitrogen and oxygen atoms in total. The van der Waals surface area contributed by atoms with Gasteiger partial charge in [-0.2, -0.15) is 5.10 Å². The highest BCUT2D eigenvalue weighted by Crippen LogP contribution is 2.23. The van der Waals surface area contributed by atoms with Crippen molar-refractivity contribution in [2.24, 2.45) is 5.10 Å². The van der Waals surface area contributed by atoms with Crippen molar-refractivity contribution in [3.05, 3.63) is 83.9 Å². The SMILES string of the molecule is COc1ccc(OCc2cc(C=NNc3ccccc3)ccc2OC)cc1. The van der Waals surface area contributed by atoms with Gasteiger partial charge in [-0.15, -0.1) is 0 Å². The highest BCUT2D eigenvalue weighted by atomic mass is 16.5. The molecule has 0 fully saturated rings. The summed E-state index contributed by atoms with van der Waals surface area (Å²) in [6, 6.07) is 23.1. The van der Waals surface area contributed by atoms with Crippen LogP contribution in [0.1, 0.15) is 11.1 Å². The Kier molecular flexibility index (Phi) is 6.30. The first-order valence-electron chi connectivity index (χ1n) is 8.56. The standard InChI is InChI=1S/C22H22N2O3/c1-25-20-9-11-21(12-10-20)27-16-18-14-17(8-13-22(18)26-2)15-23-24-19-6-4-3-5-7-19/h3-15,24H,16H2,1-2H3. The van der Waals surface area contributed by atoms with Crippen LogP contribution in [-0.2, 0) is 6.61 Å². The Labute approximate surface area is 159 Å². The summed E-state index contributed by atoms with van der Waals surface area (Å²) in [5.74, 6) is 2.34. The van der Waals surface area contributed by atoms with E-state index in [-0.39, 0.29) is 0 Å². The van der Waals surface area contributed by atoms with Crippen LogP contribution in [0, 0.1) is 0 Å². The molecule has 0 unspecified atom stereocenters. The molecule has 0 aromatic heterocycles. The molecule has 0 radical (unpaired) electrons. The second-order valence-electron chi connectivity index (χ2n) is 5.77. The van der Waals surface area contributed by atoms with Crippen molar-refractivity contribution in [1.29, 1.82) is 0 Å². The number of benzene rings is 3. The van der Waals surface area contributed by atoms with Gasteiger partial charge in [-0.3, -0.25) is 5.43 Å². The van der Waals surface area contributed by atoms with E-state index in [2.05, 4.69) is 10.5 Å². The molecule has 1 N–H and O–H groups in total. The lowest BCUT2D eigenvalue weighted by Gasteiger charge is -2.11. The van der Waals surface area contributed by atoms with E-state index < -0.39 is 0 Å². The second-order valence-corrected chi connectivity index (χ2v) is 5.77. The van der Waals surface area contributed by atoms with Gasteiger partial charge in [-0.05, 0) is 60.2 Å². The third-order valence-electron chi connectivity index (χ3n) is 3.94. The summed E-state index contributed by atoms with van der Waals surface area (Å²) in [6.45, 7) is 0.392. The molecular weight excluding hydrogens is 340 g/mol. The van der Waals surface area contributed by atoms with E-state index in [1.165, 1.54) is 0 Å². The molecule has 3 rings (SSSR count). The Balaban J connectivity index is 1.67. The predicted molar refractivity (Wildman–Crippen MR) is 108 cm³/mol. The third-order valence-corrected chi connectivity index (χ3v) is 3.94. The van der Waals surface area contributed by atoms with Gasteiger partial charge < -0.3 is 14.2 Å². The Hall–Kier alpha value is -3.47. The molecule has 3 aromatic rings. The largest absolute Gasteiger partial charge is 0.497 e. The minimum absolute atomic E-state index is 0.392. The van der Waals surface area contributed by atoms with Crippen molar-refractivity contribution in [3.8, 4) is 17.2 Å². The Morgan fingerprint density at radius 3 is 2.30 bits per heavy atom. The molecule has 0 atom stereocenters. The van der Waals surface area contributed by atoms with Crippen molar-refractivity contribution >= 4 is 11.9 Å². The number of nitrogens with one attached hydrogen (secondary N) is 1. The monoisotopic (exact) mass is 362 g/mol. The number of methoxy groups -OCH3 is 2. The summed E-state index contributed by atoms with van der Waals surface area (Å²) >= 11 is 0. The molecule has 0 saturated heterocycles. The van der Waals surface area contributed by atoms with Gasteiger partial charge in [-0.25, -0.2) is 0 Å². The van der Waals surface area contributed by atoms with Crippen LogP contribution in [0.3, 0.4) is 0 Å². The Bertz CT molecular complexity index is 878. The zero-order chi connectivity index (χ0) is 18.9. The van der Waals surface area contributed by atoms with Gasteiger partial charge in [-0.1, -0.05) is 18.2 Å². The van der Waals surface area contributed by atoms with E-state index in [0.717, 1.165) is 34.1 Å². The molecule has 0 heterocycles. The van der Waals surface area contributed by atoms with Crippen molar-refractivity contribution in [2.75, 3.05) is 19.6 Å². The van der Waals surface area contributed by atoms with E-state index in [9.17, 15) is 0 Å². The average Bonchev–Trinajstić information content (AvgIpc) is 2.73. The van der Waals surface area contributed by atoms with E-state index in [0.29, 0.717) is 6.61 Å². The van der Waals surface area contributed by atoms with Gasteiger partial charge in [0.25, 0.3) is 0 Å². The number of hydrogen-bond donors (Lipinski definition) is 1. The van der Waals surface area contributed by atoms with Crippen LogP contribution in [0.2, 0.25) is 0 Å². The summed E-state index contributed by atoms with van der Waals surface area (Å²) in [7, 11) is 3.29. The summed E-state index contributed by atoms with van der Waals surface area (Å²) in [5, 5.41) is 4.28. The summed E-state index contributed by atoms with van der Waals surface area (Å²) in [6.07, 6.45) is 1.77. The Morgan fingerprint density at radius 2 is 1.59 bits per heavy atom. The molecular formula is C22H22N2O3. The molecule has 0 aliphatic heterocycles. The van der Waals surface area contributed by atoms with Crippen molar-refractivity contribution in [3.63, 3.8) is 0 Å². The third kappa shape index (κ3) is 5.25. The number of hydrazone groups is 1. The number of hydrogen-bond acceptors (Lipinski definition) is 5. The fraction of sp³-hybridized carbons (Fsp3) is 0.136. The smallest absolute Gasteiger partial charge is 0.125 e. The molecule has 0 spiro atoms. The molecule has 0 aliphatic rings. The normalized spacial score (nSPS) is 10.6. The van der Waals surface area contributed by atoms with Crippen LogP contribution in [0.5, 0.6) is 17.2 Å². The summed E-state index contributed by atoms with van der Waals surface area (Å²) in [5.41, 5.74) is 5.83. The minimum atomic E-state index is 0.392. The van der Waals surface area contributed by atoms with Crippen molar-refractivity contribution < 1.29 is 14.2 Å². The van der Waals surface area contributed by atoms with Crippen LogP contribution >= 0.6 is 0 Å². The number of ether oxygens (including phenoxy) is 3. The molecule has 0 bridgehead atoms. The number of anilines is 1. The van der Waals surface area contributed by atoms with Gasteiger partial charge in [0.15, 0.2) is 0 Å². The fourth-order valence-electron chi connectivity index (χ4n) is 2.52. The topological polar surface area (TPSA) is 52.1 Å². The van der Waals surface area contributed by atoms with E-state index in [1.54, 1.807) is 20.4 Å². The summed E-state index contributed by atoms with van der Waals surface area (Å²) in [4.78, 5) is 0. The lowest BCUT2D eigenvalue weighted by atomic mass is 10.1. The van der Waals surface area contributed by atoms with E-state index >= 15 is 0 Å². The van der Waals surface area contributed by atoms with Crippen LogP contribution in [0.25, 0.3) is 0 Å². The molecule has 0 aliphatic carbocycles. The number of nitrogens with zero attached hydrogens (tertiary/aromatic N) is 1. The Morgan fingerprint density at radius 1 is 0.852 bits per heavy atom. The molecule has 3 aromatic carbocycles.